The zero-order valence-electron chi connectivity index (χ0n) is 15.5. The number of anilines is 1. The molecule has 4 rings (SSSR count). The molecule has 1 saturated heterocycles. The average molecular weight is 379 g/mol. The lowest BCUT2D eigenvalue weighted by atomic mass is 10.0. The highest BCUT2D eigenvalue weighted by Gasteiger charge is 2.32. The Balaban J connectivity index is 1.42. The van der Waals surface area contributed by atoms with E-state index in [9.17, 15) is 4.79 Å². The minimum Gasteiger partial charge on any atom is -0.439 e. The van der Waals surface area contributed by atoms with Gasteiger partial charge in [-0.05, 0) is 44.4 Å². The summed E-state index contributed by atoms with van der Waals surface area (Å²) >= 11 is 0. The maximum absolute atomic E-state index is 12.8. The van der Waals surface area contributed by atoms with E-state index < -0.39 is 0 Å². The Kier molecular flexibility index (Phi) is 5.18. The van der Waals surface area contributed by atoms with Gasteiger partial charge in [-0.3, -0.25) is 0 Å². The van der Waals surface area contributed by atoms with Gasteiger partial charge in [-0.25, -0.2) is 9.78 Å². The van der Waals surface area contributed by atoms with Gasteiger partial charge in [0.05, 0.1) is 11.9 Å². The number of piperidine rings is 1. The van der Waals surface area contributed by atoms with E-state index in [0.29, 0.717) is 35.6 Å². The molecule has 8 heteroatoms. The number of aryl methyl sites for hydroxylation is 1. The average Bonchev–Trinajstić information content (AvgIpc) is 3.16. The summed E-state index contributed by atoms with van der Waals surface area (Å²) in [5.74, 6) is 2.22. The molecule has 0 aliphatic carbocycles. The molecule has 1 N–H and O–H groups in total. The lowest BCUT2D eigenvalue weighted by Gasteiger charge is -2.33. The van der Waals surface area contributed by atoms with Crippen molar-refractivity contribution in [2.24, 2.45) is 0 Å². The maximum atomic E-state index is 12.8. The number of benzene rings is 1. The third kappa shape index (κ3) is 4.11. The topological polar surface area (TPSA) is 93.4 Å². The molecule has 8 nitrogen and oxygen atoms in total. The smallest absolute Gasteiger partial charge is 0.322 e. The van der Waals surface area contributed by atoms with E-state index in [1.165, 1.54) is 0 Å². The molecule has 0 bridgehead atoms. The Morgan fingerprint density at radius 1 is 1.21 bits per heavy atom. The minimum absolute atomic E-state index is 0.205. The van der Waals surface area contributed by atoms with Crippen molar-refractivity contribution in [3.05, 3.63) is 60.4 Å². The Morgan fingerprint density at radius 3 is 2.79 bits per heavy atom. The van der Waals surface area contributed by atoms with Gasteiger partial charge in [-0.1, -0.05) is 23.4 Å². The zero-order valence-corrected chi connectivity index (χ0v) is 15.5. The van der Waals surface area contributed by atoms with E-state index >= 15 is 0 Å². The predicted octanol–water partition coefficient (Wildman–Crippen LogP) is 4.32. The summed E-state index contributed by atoms with van der Waals surface area (Å²) in [4.78, 5) is 23.1. The number of pyridine rings is 1. The summed E-state index contributed by atoms with van der Waals surface area (Å²) in [6.45, 7) is 2.41. The van der Waals surface area contributed by atoms with E-state index in [1.807, 2.05) is 30.3 Å². The predicted molar refractivity (Wildman–Crippen MR) is 102 cm³/mol. The van der Waals surface area contributed by atoms with Crippen LogP contribution < -0.4 is 10.1 Å². The van der Waals surface area contributed by atoms with Crippen molar-refractivity contribution in [1.82, 2.24) is 20.0 Å². The molecule has 1 aliphatic rings. The van der Waals surface area contributed by atoms with Crippen molar-refractivity contribution in [3.63, 3.8) is 0 Å². The third-order valence-electron chi connectivity index (χ3n) is 4.55. The summed E-state index contributed by atoms with van der Waals surface area (Å²) in [6.07, 6.45) is 4.34. The molecule has 1 atom stereocenters. The second-order valence-corrected chi connectivity index (χ2v) is 6.62. The van der Waals surface area contributed by atoms with Crippen LogP contribution in [0.5, 0.6) is 11.6 Å². The number of carbonyl (C=O) groups is 1. The van der Waals surface area contributed by atoms with Crippen LogP contribution in [-0.4, -0.2) is 32.6 Å². The number of nitrogens with one attached hydrogen (secondary N) is 1. The fourth-order valence-corrected chi connectivity index (χ4v) is 3.20. The normalized spacial score (nSPS) is 16.6. The molecular weight excluding hydrogens is 358 g/mol. The van der Waals surface area contributed by atoms with Crippen molar-refractivity contribution < 1.29 is 14.1 Å². The van der Waals surface area contributed by atoms with Gasteiger partial charge in [0.15, 0.2) is 5.82 Å². The zero-order chi connectivity index (χ0) is 19.3. The quantitative estimate of drug-likeness (QED) is 0.725. The number of likely N-dealkylation sites (tertiary alicyclic amines) is 1. The number of hydrogen-bond acceptors (Lipinski definition) is 6. The fourth-order valence-electron chi connectivity index (χ4n) is 3.20. The number of urea groups is 1. The molecule has 3 heterocycles. The fraction of sp³-hybridized carbons (Fsp3) is 0.300. The van der Waals surface area contributed by atoms with E-state index in [2.05, 4.69) is 20.4 Å². The summed E-state index contributed by atoms with van der Waals surface area (Å²) in [5.41, 5.74) is 0.594. The van der Waals surface area contributed by atoms with E-state index in [0.717, 1.165) is 19.3 Å². The van der Waals surface area contributed by atoms with Gasteiger partial charge >= 0.3 is 6.03 Å². The molecule has 2 amide bonds. The van der Waals surface area contributed by atoms with Gasteiger partial charge in [0.1, 0.15) is 11.8 Å². The number of amides is 2. The van der Waals surface area contributed by atoms with E-state index in [1.54, 1.807) is 30.2 Å². The molecule has 1 aliphatic heterocycles. The molecule has 2 aromatic heterocycles. The largest absolute Gasteiger partial charge is 0.439 e. The van der Waals surface area contributed by atoms with Crippen LogP contribution in [0.4, 0.5) is 10.5 Å². The third-order valence-corrected chi connectivity index (χ3v) is 4.55. The molecule has 1 fully saturated rings. The SMILES string of the molecule is Cc1noc([C@H]2CCCCN2C(=O)Nc2ccc(Oc3ccccc3)nc2)n1. The van der Waals surface area contributed by atoms with Crippen LogP contribution in [0.2, 0.25) is 0 Å². The first-order chi connectivity index (χ1) is 13.7. The van der Waals surface area contributed by atoms with Gasteiger partial charge in [0.25, 0.3) is 0 Å². The van der Waals surface area contributed by atoms with Crippen LogP contribution >= 0.6 is 0 Å². The van der Waals surface area contributed by atoms with Gasteiger partial charge in [0.2, 0.25) is 11.8 Å². The van der Waals surface area contributed by atoms with Crippen LogP contribution in [0.1, 0.15) is 37.0 Å². The van der Waals surface area contributed by atoms with Gasteiger partial charge in [-0.15, -0.1) is 0 Å². The highest BCUT2D eigenvalue weighted by molar-refractivity contribution is 5.89. The number of hydrogen-bond donors (Lipinski definition) is 1. The number of rotatable bonds is 4. The molecule has 144 valence electrons. The Hall–Kier alpha value is -3.42. The van der Waals surface area contributed by atoms with Crippen molar-refractivity contribution in [3.8, 4) is 11.6 Å². The van der Waals surface area contributed by atoms with Crippen LogP contribution in [-0.2, 0) is 0 Å². The lowest BCUT2D eigenvalue weighted by molar-refractivity contribution is 0.142. The van der Waals surface area contributed by atoms with Gasteiger partial charge in [0, 0.05) is 12.6 Å². The Labute approximate surface area is 162 Å². The summed E-state index contributed by atoms with van der Waals surface area (Å²) in [5, 5.41) is 6.73. The van der Waals surface area contributed by atoms with E-state index in [-0.39, 0.29) is 12.1 Å². The standard InChI is InChI=1S/C20H21N5O3/c1-14-22-19(28-24-14)17-9-5-6-12-25(17)20(26)23-15-10-11-18(21-13-15)27-16-7-3-2-4-8-16/h2-4,7-8,10-11,13,17H,5-6,9,12H2,1H3,(H,23,26)/t17-/m1/s1. The van der Waals surface area contributed by atoms with Gasteiger partial charge in [-0.2, -0.15) is 4.98 Å². The number of para-hydroxylation sites is 1. The van der Waals surface area contributed by atoms with Gasteiger partial charge < -0.3 is 19.5 Å². The Bertz CT molecular complexity index is 927. The second kappa shape index (κ2) is 8.08. The lowest BCUT2D eigenvalue weighted by Crippen LogP contribution is -2.41. The second-order valence-electron chi connectivity index (χ2n) is 6.62. The van der Waals surface area contributed by atoms with Crippen molar-refractivity contribution in [1.29, 1.82) is 0 Å². The number of nitrogens with zero attached hydrogens (tertiary/aromatic N) is 4. The van der Waals surface area contributed by atoms with Crippen LogP contribution in [0.15, 0.2) is 53.2 Å². The highest BCUT2D eigenvalue weighted by Crippen LogP contribution is 2.30. The first-order valence-corrected chi connectivity index (χ1v) is 9.26. The van der Waals surface area contributed by atoms with Crippen LogP contribution in [0.25, 0.3) is 0 Å². The first kappa shape index (κ1) is 18.0. The summed E-state index contributed by atoms with van der Waals surface area (Å²) < 4.78 is 11.0. The molecule has 0 spiro atoms. The molecule has 1 aromatic carbocycles. The van der Waals surface area contributed by atoms with E-state index in [4.69, 9.17) is 9.26 Å². The number of aromatic nitrogens is 3. The van der Waals surface area contributed by atoms with Crippen molar-refractivity contribution >= 4 is 11.7 Å². The molecule has 28 heavy (non-hydrogen) atoms. The molecule has 3 aromatic rings. The van der Waals surface area contributed by atoms with Crippen LogP contribution in [0, 0.1) is 6.92 Å². The minimum atomic E-state index is -0.209. The maximum Gasteiger partial charge on any atom is 0.322 e. The summed E-state index contributed by atoms with van der Waals surface area (Å²) in [6, 6.07) is 12.5. The molecule has 0 saturated carbocycles. The first-order valence-electron chi connectivity index (χ1n) is 9.26. The molecule has 0 radical (unpaired) electrons. The Morgan fingerprint density at radius 2 is 2.07 bits per heavy atom. The van der Waals surface area contributed by atoms with Crippen molar-refractivity contribution in [2.75, 3.05) is 11.9 Å². The summed E-state index contributed by atoms with van der Waals surface area (Å²) in [7, 11) is 0. The molecular formula is C20H21N5O3. The monoisotopic (exact) mass is 379 g/mol. The highest BCUT2D eigenvalue weighted by atomic mass is 16.5. The van der Waals surface area contributed by atoms with Crippen LogP contribution in [0.3, 0.4) is 0 Å². The number of ether oxygens (including phenoxy) is 1. The molecule has 0 unspecified atom stereocenters. The van der Waals surface area contributed by atoms with Crippen molar-refractivity contribution in [2.45, 2.75) is 32.2 Å². The number of carbonyl (C=O) groups excluding carboxylic acids is 1.